The normalized spacial score (nSPS) is 13.1. The van der Waals surface area contributed by atoms with Crippen molar-refractivity contribution in [3.05, 3.63) is 22.6 Å². The zero-order valence-electron chi connectivity index (χ0n) is 8.42. The van der Waals surface area contributed by atoms with Gasteiger partial charge in [-0.25, -0.2) is 0 Å². The van der Waals surface area contributed by atoms with Gasteiger partial charge in [0, 0.05) is 0 Å². The van der Waals surface area contributed by atoms with Crippen LogP contribution in [0.1, 0.15) is 31.6 Å². The van der Waals surface area contributed by atoms with Crippen LogP contribution in [0.15, 0.2) is 21.2 Å². The van der Waals surface area contributed by atoms with Crippen molar-refractivity contribution in [1.82, 2.24) is 5.32 Å². The molecular formula is C10H17BrN2O. The van der Waals surface area contributed by atoms with Crippen LogP contribution in [0.5, 0.6) is 0 Å². The number of hydrogen-bond donors (Lipinski definition) is 2. The van der Waals surface area contributed by atoms with Gasteiger partial charge in [0.2, 0.25) is 0 Å². The zero-order chi connectivity index (χ0) is 10.4. The Morgan fingerprint density at radius 3 is 2.86 bits per heavy atom. The molecule has 0 saturated carbocycles. The van der Waals surface area contributed by atoms with E-state index in [-0.39, 0.29) is 6.04 Å². The van der Waals surface area contributed by atoms with Gasteiger partial charge in [0.05, 0.1) is 6.04 Å². The Kier molecular flexibility index (Phi) is 5.22. The Balaban J connectivity index is 2.25. The number of unbranched alkanes of at least 4 members (excludes halogenated alkanes) is 1. The molecule has 1 aromatic heterocycles. The minimum atomic E-state index is 0.263. The molecule has 1 aromatic rings. The quantitative estimate of drug-likeness (QED) is 0.773. The number of nitrogens with two attached hydrogens (primary N) is 1. The van der Waals surface area contributed by atoms with E-state index in [1.807, 2.05) is 12.1 Å². The van der Waals surface area contributed by atoms with Crippen LogP contribution in [0.2, 0.25) is 0 Å². The highest BCUT2D eigenvalue weighted by molar-refractivity contribution is 9.10. The molecule has 0 amide bonds. The highest BCUT2D eigenvalue weighted by atomic mass is 79.9. The van der Waals surface area contributed by atoms with Gasteiger partial charge in [-0.05, 0) is 60.9 Å². The molecule has 0 spiro atoms. The fraction of sp³-hybridized carbons (Fsp3) is 0.600. The predicted molar refractivity (Wildman–Crippen MR) is 61.1 cm³/mol. The van der Waals surface area contributed by atoms with Crippen molar-refractivity contribution in [2.45, 2.75) is 25.8 Å². The Labute approximate surface area is 93.2 Å². The highest BCUT2D eigenvalue weighted by Crippen LogP contribution is 2.19. The lowest BCUT2D eigenvalue weighted by Gasteiger charge is -2.10. The maximum atomic E-state index is 5.43. The van der Waals surface area contributed by atoms with Crippen LogP contribution in [-0.4, -0.2) is 13.1 Å². The summed E-state index contributed by atoms with van der Waals surface area (Å²) in [6.45, 7) is 3.84. The van der Waals surface area contributed by atoms with Gasteiger partial charge >= 0.3 is 0 Å². The van der Waals surface area contributed by atoms with Crippen LogP contribution in [-0.2, 0) is 0 Å². The van der Waals surface area contributed by atoms with Gasteiger partial charge in [0.15, 0.2) is 4.67 Å². The van der Waals surface area contributed by atoms with Crippen molar-refractivity contribution < 1.29 is 4.42 Å². The van der Waals surface area contributed by atoms with E-state index in [9.17, 15) is 0 Å². The molecule has 0 radical (unpaired) electrons. The molecule has 3 N–H and O–H groups in total. The first kappa shape index (κ1) is 11.8. The molecule has 0 fully saturated rings. The van der Waals surface area contributed by atoms with Crippen LogP contribution in [0, 0.1) is 0 Å². The summed E-state index contributed by atoms with van der Waals surface area (Å²) in [4.78, 5) is 0. The smallest absolute Gasteiger partial charge is 0.169 e. The lowest BCUT2D eigenvalue weighted by atomic mass is 10.2. The van der Waals surface area contributed by atoms with E-state index < -0.39 is 0 Å². The number of furan rings is 1. The average molecular weight is 261 g/mol. The lowest BCUT2D eigenvalue weighted by Crippen LogP contribution is -2.20. The Hall–Kier alpha value is -0.320. The summed E-state index contributed by atoms with van der Waals surface area (Å²) in [5, 5.41) is 3.38. The summed E-state index contributed by atoms with van der Waals surface area (Å²) in [5.41, 5.74) is 5.41. The highest BCUT2D eigenvalue weighted by Gasteiger charge is 2.07. The van der Waals surface area contributed by atoms with Gasteiger partial charge in [-0.3, -0.25) is 0 Å². The SMILES string of the molecule is CC(NCCCCN)c1ccc(Br)o1. The van der Waals surface area contributed by atoms with Crippen LogP contribution in [0.3, 0.4) is 0 Å². The molecule has 1 rings (SSSR count). The molecule has 1 unspecified atom stereocenters. The third-order valence-corrected chi connectivity index (χ3v) is 2.53. The number of halogens is 1. The molecule has 0 aliphatic rings. The molecule has 4 heteroatoms. The molecule has 1 atom stereocenters. The van der Waals surface area contributed by atoms with Crippen molar-refractivity contribution >= 4 is 15.9 Å². The summed E-state index contributed by atoms with van der Waals surface area (Å²) in [6, 6.07) is 4.15. The third kappa shape index (κ3) is 3.82. The Morgan fingerprint density at radius 2 is 2.29 bits per heavy atom. The topological polar surface area (TPSA) is 51.2 Å². The second-order valence-corrected chi connectivity index (χ2v) is 4.10. The minimum Gasteiger partial charge on any atom is -0.453 e. The number of hydrogen-bond acceptors (Lipinski definition) is 3. The maximum absolute atomic E-state index is 5.43. The third-order valence-electron chi connectivity index (χ3n) is 2.10. The van der Waals surface area contributed by atoms with Crippen LogP contribution >= 0.6 is 15.9 Å². The van der Waals surface area contributed by atoms with Crippen LogP contribution < -0.4 is 11.1 Å². The Bertz CT molecular complexity index is 262. The monoisotopic (exact) mass is 260 g/mol. The van der Waals surface area contributed by atoms with Gasteiger partial charge in [0.1, 0.15) is 5.76 Å². The number of rotatable bonds is 6. The molecule has 14 heavy (non-hydrogen) atoms. The van der Waals surface area contributed by atoms with E-state index in [1.54, 1.807) is 0 Å². The van der Waals surface area contributed by atoms with Crippen molar-refractivity contribution in [2.24, 2.45) is 5.73 Å². The summed E-state index contributed by atoms with van der Waals surface area (Å²) in [6.07, 6.45) is 2.18. The van der Waals surface area contributed by atoms with E-state index in [0.717, 1.165) is 36.4 Å². The second-order valence-electron chi connectivity index (χ2n) is 3.31. The van der Waals surface area contributed by atoms with E-state index in [1.165, 1.54) is 0 Å². The van der Waals surface area contributed by atoms with Gasteiger partial charge in [-0.2, -0.15) is 0 Å². The average Bonchev–Trinajstić information content (AvgIpc) is 2.59. The second kappa shape index (κ2) is 6.22. The van der Waals surface area contributed by atoms with Gasteiger partial charge in [-0.15, -0.1) is 0 Å². The minimum absolute atomic E-state index is 0.263. The van der Waals surface area contributed by atoms with Crippen molar-refractivity contribution in [2.75, 3.05) is 13.1 Å². The predicted octanol–water partition coefficient (Wildman–Crippen LogP) is 2.43. The number of nitrogens with one attached hydrogen (secondary N) is 1. The summed E-state index contributed by atoms with van der Waals surface area (Å²) in [7, 11) is 0. The molecule has 0 saturated heterocycles. The molecular weight excluding hydrogens is 244 g/mol. The van der Waals surface area contributed by atoms with Crippen molar-refractivity contribution in [3.63, 3.8) is 0 Å². The van der Waals surface area contributed by atoms with Crippen molar-refractivity contribution in [3.8, 4) is 0 Å². The fourth-order valence-corrected chi connectivity index (χ4v) is 1.57. The first-order valence-electron chi connectivity index (χ1n) is 4.92. The van der Waals surface area contributed by atoms with Crippen LogP contribution in [0.4, 0.5) is 0 Å². The zero-order valence-corrected chi connectivity index (χ0v) is 10.0. The van der Waals surface area contributed by atoms with E-state index in [4.69, 9.17) is 10.2 Å². The largest absolute Gasteiger partial charge is 0.453 e. The first-order valence-corrected chi connectivity index (χ1v) is 5.72. The molecule has 0 bridgehead atoms. The van der Waals surface area contributed by atoms with Crippen molar-refractivity contribution in [1.29, 1.82) is 0 Å². The summed E-state index contributed by atoms with van der Waals surface area (Å²) in [5.74, 6) is 0.963. The van der Waals surface area contributed by atoms with Crippen LogP contribution in [0.25, 0.3) is 0 Å². The molecule has 80 valence electrons. The fourth-order valence-electron chi connectivity index (χ4n) is 1.25. The lowest BCUT2D eigenvalue weighted by molar-refractivity contribution is 0.416. The summed E-state index contributed by atoms with van der Waals surface area (Å²) < 4.78 is 6.21. The van der Waals surface area contributed by atoms with Gasteiger partial charge < -0.3 is 15.5 Å². The summed E-state index contributed by atoms with van der Waals surface area (Å²) >= 11 is 3.28. The molecule has 0 aliphatic carbocycles. The van der Waals surface area contributed by atoms with E-state index >= 15 is 0 Å². The molecule has 3 nitrogen and oxygen atoms in total. The molecule has 1 heterocycles. The van der Waals surface area contributed by atoms with E-state index in [0.29, 0.717) is 0 Å². The van der Waals surface area contributed by atoms with Gasteiger partial charge in [-0.1, -0.05) is 0 Å². The Morgan fingerprint density at radius 1 is 1.50 bits per heavy atom. The van der Waals surface area contributed by atoms with Gasteiger partial charge in [0.25, 0.3) is 0 Å². The van der Waals surface area contributed by atoms with E-state index in [2.05, 4.69) is 28.2 Å². The standard InChI is InChI=1S/C10H17BrN2O/c1-8(13-7-3-2-6-12)9-4-5-10(11)14-9/h4-5,8,13H,2-3,6-7,12H2,1H3. The molecule has 0 aliphatic heterocycles. The molecule has 0 aromatic carbocycles. The first-order chi connectivity index (χ1) is 6.74. The maximum Gasteiger partial charge on any atom is 0.169 e.